The number of rotatable bonds is 9. The molecule has 4 rings (SSSR count). The summed E-state index contributed by atoms with van der Waals surface area (Å²) in [5.74, 6) is -1.58. The topological polar surface area (TPSA) is 103 Å². The van der Waals surface area contributed by atoms with Crippen LogP contribution in [0.25, 0.3) is 10.9 Å². The number of hydrogen-bond donors (Lipinski definition) is 2. The fraction of sp³-hybridized carbons (Fsp3) is 0.370. The van der Waals surface area contributed by atoms with Crippen LogP contribution >= 0.6 is 0 Å². The number of Topliss-reactive ketones (excluding diaryl/α,β-unsaturated/α-hetero) is 1. The number of carboxylic acids is 1. The highest BCUT2D eigenvalue weighted by Crippen LogP contribution is 2.35. The Bertz CT molecular complexity index is 1110. The maximum absolute atomic E-state index is 12.2. The molecule has 3 aromatic rings. The van der Waals surface area contributed by atoms with Gasteiger partial charge in [-0.15, -0.1) is 0 Å². The van der Waals surface area contributed by atoms with E-state index in [2.05, 4.69) is 4.98 Å². The smallest absolute Gasteiger partial charge is 0.373 e. The molecule has 2 aromatic carbocycles. The molecule has 1 aromatic heterocycles. The molecule has 6 nitrogen and oxygen atoms in total. The van der Waals surface area contributed by atoms with Crippen LogP contribution in [0.3, 0.4) is 0 Å². The van der Waals surface area contributed by atoms with Gasteiger partial charge >= 0.3 is 5.97 Å². The van der Waals surface area contributed by atoms with Gasteiger partial charge in [-0.05, 0) is 42.2 Å². The molecule has 0 bridgehead atoms. The van der Waals surface area contributed by atoms with Crippen molar-refractivity contribution in [3.63, 3.8) is 0 Å². The number of carbonyl (C=O) groups excluding carboxylic acids is 1. The number of ether oxygens (including phenoxy) is 1. The number of carboxylic acid groups (broad SMARTS) is 1. The number of ketones is 1. The molecule has 1 fully saturated rings. The Hall–Kier alpha value is -3.25. The maximum Gasteiger partial charge on any atom is 0.373 e. The summed E-state index contributed by atoms with van der Waals surface area (Å²) in [6.07, 6.45) is 6.51. The molecular weight excluding hydrogens is 416 g/mol. The van der Waals surface area contributed by atoms with Gasteiger partial charge in [-0.25, -0.2) is 9.78 Å². The SMILES string of the molecule is NC(C(=O)C(=O)O)C(CC1CCCCC1)c1ccc(OCc2ccc3ccccc3n2)cc1. The molecular formula is C27H30N2O4. The van der Waals surface area contributed by atoms with Crippen LogP contribution in [0, 0.1) is 5.92 Å². The largest absolute Gasteiger partial charge is 0.487 e. The number of fused-ring (bicyclic) bond motifs is 1. The number of nitrogens with two attached hydrogens (primary N) is 1. The van der Waals surface area contributed by atoms with Crippen molar-refractivity contribution in [1.82, 2.24) is 4.98 Å². The van der Waals surface area contributed by atoms with Crippen molar-refractivity contribution in [2.45, 2.75) is 57.1 Å². The first-order valence-electron chi connectivity index (χ1n) is 11.6. The van der Waals surface area contributed by atoms with E-state index in [-0.39, 0.29) is 5.92 Å². The van der Waals surface area contributed by atoms with E-state index in [1.165, 1.54) is 19.3 Å². The van der Waals surface area contributed by atoms with E-state index < -0.39 is 17.8 Å². The monoisotopic (exact) mass is 446 g/mol. The van der Waals surface area contributed by atoms with Gasteiger partial charge in [0.15, 0.2) is 0 Å². The Morgan fingerprint density at radius 2 is 1.73 bits per heavy atom. The van der Waals surface area contributed by atoms with E-state index in [9.17, 15) is 14.7 Å². The zero-order valence-corrected chi connectivity index (χ0v) is 18.7. The molecule has 3 N–H and O–H groups in total. The highest BCUT2D eigenvalue weighted by atomic mass is 16.5. The van der Waals surface area contributed by atoms with Crippen molar-refractivity contribution in [3.05, 3.63) is 71.9 Å². The normalized spacial score (nSPS) is 16.3. The second-order valence-electron chi connectivity index (χ2n) is 8.89. The zero-order chi connectivity index (χ0) is 23.2. The van der Waals surface area contributed by atoms with Crippen molar-refractivity contribution >= 4 is 22.7 Å². The number of aliphatic carboxylic acids is 1. The summed E-state index contributed by atoms with van der Waals surface area (Å²) < 4.78 is 5.92. The number of nitrogens with zero attached hydrogens (tertiary/aromatic N) is 1. The minimum atomic E-state index is -1.47. The van der Waals surface area contributed by atoms with Gasteiger partial charge in [-0.2, -0.15) is 0 Å². The molecule has 1 heterocycles. The average molecular weight is 447 g/mol. The highest BCUT2D eigenvalue weighted by Gasteiger charge is 2.32. The van der Waals surface area contributed by atoms with Crippen LogP contribution in [-0.2, 0) is 16.2 Å². The van der Waals surface area contributed by atoms with E-state index in [1.54, 1.807) is 0 Å². The number of para-hydroxylation sites is 1. The lowest BCUT2D eigenvalue weighted by Crippen LogP contribution is -2.41. The molecule has 2 unspecified atom stereocenters. The summed E-state index contributed by atoms with van der Waals surface area (Å²) >= 11 is 0. The van der Waals surface area contributed by atoms with Crippen LogP contribution in [0.1, 0.15) is 55.7 Å². The molecule has 0 aliphatic heterocycles. The van der Waals surface area contributed by atoms with Gasteiger partial charge in [0.25, 0.3) is 5.78 Å². The van der Waals surface area contributed by atoms with Crippen molar-refractivity contribution < 1.29 is 19.4 Å². The van der Waals surface area contributed by atoms with Crippen LogP contribution in [-0.4, -0.2) is 27.9 Å². The fourth-order valence-corrected chi connectivity index (χ4v) is 4.75. The Labute approximate surface area is 193 Å². The summed E-state index contributed by atoms with van der Waals surface area (Å²) in [4.78, 5) is 28.1. The third-order valence-electron chi connectivity index (χ3n) is 6.61. The van der Waals surface area contributed by atoms with E-state index in [4.69, 9.17) is 10.5 Å². The summed E-state index contributed by atoms with van der Waals surface area (Å²) in [5, 5.41) is 10.3. The number of carbonyl (C=O) groups is 2. The number of pyridine rings is 1. The lowest BCUT2D eigenvalue weighted by Gasteiger charge is -2.29. The Morgan fingerprint density at radius 1 is 1.00 bits per heavy atom. The fourth-order valence-electron chi connectivity index (χ4n) is 4.75. The summed E-state index contributed by atoms with van der Waals surface area (Å²) in [7, 11) is 0. The van der Waals surface area contributed by atoms with Crippen LogP contribution in [0.5, 0.6) is 5.75 Å². The van der Waals surface area contributed by atoms with Crippen molar-refractivity contribution in [2.75, 3.05) is 0 Å². The van der Waals surface area contributed by atoms with Crippen molar-refractivity contribution in [2.24, 2.45) is 11.7 Å². The molecule has 0 spiro atoms. The van der Waals surface area contributed by atoms with E-state index in [0.717, 1.165) is 41.4 Å². The molecule has 1 saturated carbocycles. The van der Waals surface area contributed by atoms with Gasteiger partial charge in [0.2, 0.25) is 0 Å². The minimum Gasteiger partial charge on any atom is -0.487 e. The van der Waals surface area contributed by atoms with Gasteiger partial charge in [0.05, 0.1) is 17.3 Å². The molecule has 0 amide bonds. The average Bonchev–Trinajstić information content (AvgIpc) is 2.86. The highest BCUT2D eigenvalue weighted by molar-refractivity contribution is 6.35. The van der Waals surface area contributed by atoms with Crippen LogP contribution in [0.4, 0.5) is 0 Å². The zero-order valence-electron chi connectivity index (χ0n) is 18.7. The standard InChI is InChI=1S/C27H30N2O4/c28-25(26(30)27(31)32)23(16-18-6-2-1-3-7-18)19-11-14-22(15-12-19)33-17-21-13-10-20-8-4-5-9-24(20)29-21/h4-5,8-15,18,23,25H,1-3,6-7,16-17,28H2,(H,31,32). The number of aromatic nitrogens is 1. The third-order valence-corrected chi connectivity index (χ3v) is 6.61. The van der Waals surface area contributed by atoms with Crippen LogP contribution in [0.15, 0.2) is 60.7 Å². The lowest BCUT2D eigenvalue weighted by atomic mass is 9.77. The Balaban J connectivity index is 1.46. The summed E-state index contributed by atoms with van der Waals surface area (Å²) in [5.41, 5.74) is 8.80. The van der Waals surface area contributed by atoms with E-state index in [0.29, 0.717) is 18.3 Å². The molecule has 1 aliphatic rings. The van der Waals surface area contributed by atoms with Gasteiger partial charge < -0.3 is 15.6 Å². The number of hydrogen-bond acceptors (Lipinski definition) is 5. The van der Waals surface area contributed by atoms with Crippen LogP contribution in [0.2, 0.25) is 0 Å². The first-order valence-corrected chi connectivity index (χ1v) is 11.6. The maximum atomic E-state index is 12.2. The van der Waals surface area contributed by atoms with Gasteiger partial charge in [0.1, 0.15) is 12.4 Å². The minimum absolute atomic E-state index is 0.326. The van der Waals surface area contributed by atoms with E-state index >= 15 is 0 Å². The van der Waals surface area contributed by atoms with Crippen LogP contribution < -0.4 is 10.5 Å². The molecule has 172 valence electrons. The molecule has 0 saturated heterocycles. The van der Waals surface area contributed by atoms with E-state index in [1.807, 2.05) is 60.7 Å². The Kier molecular flexibility index (Phi) is 7.35. The summed E-state index contributed by atoms with van der Waals surface area (Å²) in [6.45, 7) is 0.340. The lowest BCUT2D eigenvalue weighted by molar-refractivity contribution is -0.150. The molecule has 0 radical (unpaired) electrons. The van der Waals surface area contributed by atoms with Gasteiger partial charge in [-0.1, -0.05) is 68.5 Å². The first kappa shape index (κ1) is 22.9. The predicted molar refractivity (Wildman–Crippen MR) is 127 cm³/mol. The molecule has 6 heteroatoms. The van der Waals surface area contributed by atoms with Gasteiger partial charge in [-0.3, -0.25) is 4.79 Å². The summed E-state index contributed by atoms with van der Waals surface area (Å²) in [6, 6.07) is 18.4. The molecule has 33 heavy (non-hydrogen) atoms. The van der Waals surface area contributed by atoms with Gasteiger partial charge in [0, 0.05) is 11.3 Å². The molecule has 1 aliphatic carbocycles. The molecule has 2 atom stereocenters. The third kappa shape index (κ3) is 5.76. The second-order valence-corrected chi connectivity index (χ2v) is 8.89. The van der Waals surface area contributed by atoms with Crippen molar-refractivity contribution in [3.8, 4) is 5.75 Å². The van der Waals surface area contributed by atoms with Crippen molar-refractivity contribution in [1.29, 1.82) is 0 Å². The quantitative estimate of drug-likeness (QED) is 0.456. The Morgan fingerprint density at radius 3 is 2.45 bits per heavy atom. The first-order chi connectivity index (χ1) is 16.0. The second kappa shape index (κ2) is 10.6. The number of benzene rings is 2. The predicted octanol–water partition coefficient (Wildman–Crippen LogP) is 4.85.